The Kier molecular flexibility index (Phi) is 4.71. The first-order chi connectivity index (χ1) is 8.66. The Morgan fingerprint density at radius 1 is 1.26 bits per heavy atom. The lowest BCUT2D eigenvalue weighted by molar-refractivity contribution is -0.149. The lowest BCUT2D eigenvalue weighted by atomic mass is 9.90. The number of esters is 1. The molecule has 0 amide bonds. The molecule has 0 saturated heterocycles. The van der Waals surface area contributed by atoms with Gasteiger partial charge < -0.3 is 9.26 Å². The molecule has 0 bridgehead atoms. The van der Waals surface area contributed by atoms with Gasteiger partial charge in [0.25, 0.3) is 0 Å². The van der Waals surface area contributed by atoms with Crippen LogP contribution in [0.1, 0.15) is 59.7 Å². The van der Waals surface area contributed by atoms with Gasteiger partial charge in [0.05, 0.1) is 6.61 Å². The summed E-state index contributed by atoms with van der Waals surface area (Å²) in [5, 5.41) is 3.93. The summed E-state index contributed by atoms with van der Waals surface area (Å²) in [7, 11) is 0. The van der Waals surface area contributed by atoms with Gasteiger partial charge in [-0.05, 0) is 32.6 Å². The highest BCUT2D eigenvalue weighted by molar-refractivity contribution is 5.80. The molecule has 5 nitrogen and oxygen atoms in total. The summed E-state index contributed by atoms with van der Waals surface area (Å²) >= 11 is 0. The summed E-state index contributed by atoms with van der Waals surface area (Å²) in [4.78, 5) is 16.2. The zero-order valence-corrected chi connectivity index (χ0v) is 12.7. The number of ether oxygens (including phenoxy) is 1. The summed E-state index contributed by atoms with van der Waals surface area (Å²) in [6, 6.07) is 0. The Bertz CT molecular complexity index is 430. The minimum Gasteiger partial charge on any atom is -0.465 e. The Hall–Kier alpha value is -1.39. The standard InChI is InChI=1S/C14H24N2O3/c1-7-18-12(17)14(5,6)11-15-10(16-19-11)8-9-13(2,3)4/h7-9H2,1-6H3. The van der Waals surface area contributed by atoms with E-state index in [1.54, 1.807) is 20.8 Å². The maximum absolute atomic E-state index is 11.8. The highest BCUT2D eigenvalue weighted by Gasteiger charge is 2.37. The lowest BCUT2D eigenvalue weighted by Gasteiger charge is -2.17. The fraction of sp³-hybridized carbons (Fsp3) is 0.786. The monoisotopic (exact) mass is 268 g/mol. The van der Waals surface area contributed by atoms with Crippen molar-refractivity contribution < 1.29 is 14.1 Å². The van der Waals surface area contributed by atoms with E-state index in [9.17, 15) is 4.79 Å². The molecule has 0 fully saturated rings. The minimum absolute atomic E-state index is 0.220. The number of rotatable bonds is 5. The van der Waals surface area contributed by atoms with E-state index >= 15 is 0 Å². The molecule has 1 aromatic heterocycles. The van der Waals surface area contributed by atoms with Crippen molar-refractivity contribution in [2.75, 3.05) is 6.61 Å². The van der Waals surface area contributed by atoms with Gasteiger partial charge in [-0.3, -0.25) is 4.79 Å². The third kappa shape index (κ3) is 4.33. The SMILES string of the molecule is CCOC(=O)C(C)(C)c1nc(CCC(C)(C)C)no1. The predicted octanol–water partition coefficient (Wildman–Crippen LogP) is 2.89. The van der Waals surface area contributed by atoms with E-state index in [0.29, 0.717) is 18.3 Å². The maximum Gasteiger partial charge on any atom is 0.321 e. The summed E-state index contributed by atoms with van der Waals surface area (Å²) in [6.07, 6.45) is 1.71. The van der Waals surface area contributed by atoms with Crippen molar-refractivity contribution in [3.8, 4) is 0 Å². The van der Waals surface area contributed by atoms with Gasteiger partial charge in [-0.2, -0.15) is 4.98 Å². The molecule has 0 aliphatic rings. The quantitative estimate of drug-likeness (QED) is 0.768. The topological polar surface area (TPSA) is 65.2 Å². The number of nitrogens with zero attached hydrogens (tertiary/aromatic N) is 2. The summed E-state index contributed by atoms with van der Waals surface area (Å²) in [6.45, 7) is 12.1. The van der Waals surface area contributed by atoms with Crippen LogP contribution in [0.2, 0.25) is 0 Å². The van der Waals surface area contributed by atoms with Gasteiger partial charge in [0.15, 0.2) is 5.82 Å². The smallest absolute Gasteiger partial charge is 0.321 e. The van der Waals surface area contributed by atoms with Gasteiger partial charge >= 0.3 is 5.97 Å². The molecule has 1 aromatic rings. The van der Waals surface area contributed by atoms with Gasteiger partial charge in [-0.25, -0.2) is 0 Å². The predicted molar refractivity (Wildman–Crippen MR) is 71.7 cm³/mol. The van der Waals surface area contributed by atoms with E-state index in [1.807, 2.05) is 0 Å². The van der Waals surface area contributed by atoms with Crippen molar-refractivity contribution >= 4 is 5.97 Å². The first-order valence-electron chi connectivity index (χ1n) is 6.67. The van der Waals surface area contributed by atoms with Crippen LogP contribution < -0.4 is 0 Å². The summed E-state index contributed by atoms with van der Waals surface area (Å²) in [5.74, 6) is 0.609. The average molecular weight is 268 g/mol. The number of aromatic nitrogens is 2. The Labute approximate surface area is 114 Å². The molecule has 0 aromatic carbocycles. The van der Waals surface area contributed by atoms with E-state index in [4.69, 9.17) is 9.26 Å². The lowest BCUT2D eigenvalue weighted by Crippen LogP contribution is -2.31. The molecule has 0 unspecified atom stereocenters. The zero-order valence-electron chi connectivity index (χ0n) is 12.7. The van der Waals surface area contributed by atoms with Crippen molar-refractivity contribution in [2.45, 2.75) is 59.8 Å². The van der Waals surface area contributed by atoms with E-state index < -0.39 is 5.41 Å². The number of hydrogen-bond donors (Lipinski definition) is 0. The third-order valence-electron chi connectivity index (χ3n) is 2.89. The number of aryl methyl sites for hydroxylation is 1. The van der Waals surface area contributed by atoms with Gasteiger partial charge in [0.1, 0.15) is 5.41 Å². The zero-order chi connectivity index (χ0) is 14.7. The number of hydrogen-bond acceptors (Lipinski definition) is 5. The molecule has 0 aliphatic carbocycles. The van der Waals surface area contributed by atoms with Crippen LogP contribution in [-0.2, 0) is 21.4 Å². The molecular weight excluding hydrogens is 244 g/mol. The van der Waals surface area contributed by atoms with Gasteiger partial charge in [0.2, 0.25) is 5.89 Å². The van der Waals surface area contributed by atoms with Crippen LogP contribution in [0.5, 0.6) is 0 Å². The molecule has 19 heavy (non-hydrogen) atoms. The van der Waals surface area contributed by atoms with Crippen LogP contribution in [0, 0.1) is 5.41 Å². The van der Waals surface area contributed by atoms with E-state index in [1.165, 1.54) is 0 Å². The van der Waals surface area contributed by atoms with Gasteiger partial charge in [-0.15, -0.1) is 0 Å². The molecule has 1 heterocycles. The second-order valence-electron chi connectivity index (χ2n) is 6.42. The minimum atomic E-state index is -0.900. The molecule has 0 atom stereocenters. The van der Waals surface area contributed by atoms with Crippen LogP contribution >= 0.6 is 0 Å². The largest absolute Gasteiger partial charge is 0.465 e. The fourth-order valence-electron chi connectivity index (χ4n) is 1.50. The third-order valence-corrected chi connectivity index (χ3v) is 2.89. The molecule has 1 rings (SSSR count). The van der Waals surface area contributed by atoms with Crippen LogP contribution in [0.3, 0.4) is 0 Å². The van der Waals surface area contributed by atoms with Crippen LogP contribution in [0.25, 0.3) is 0 Å². The Morgan fingerprint density at radius 2 is 1.89 bits per heavy atom. The van der Waals surface area contributed by atoms with Crippen molar-refractivity contribution in [2.24, 2.45) is 5.41 Å². The van der Waals surface area contributed by atoms with Crippen molar-refractivity contribution in [3.05, 3.63) is 11.7 Å². The molecule has 0 spiro atoms. The van der Waals surface area contributed by atoms with Crippen molar-refractivity contribution in [1.29, 1.82) is 0 Å². The molecule has 5 heteroatoms. The molecular formula is C14H24N2O3. The summed E-state index contributed by atoms with van der Waals surface area (Å²) < 4.78 is 10.2. The highest BCUT2D eigenvalue weighted by atomic mass is 16.5. The van der Waals surface area contributed by atoms with E-state index in [0.717, 1.165) is 12.8 Å². The normalized spacial score (nSPS) is 12.5. The van der Waals surface area contributed by atoms with Crippen molar-refractivity contribution in [3.63, 3.8) is 0 Å². The van der Waals surface area contributed by atoms with Crippen LogP contribution in [-0.4, -0.2) is 22.7 Å². The Morgan fingerprint density at radius 3 is 2.42 bits per heavy atom. The maximum atomic E-state index is 11.8. The average Bonchev–Trinajstić information content (AvgIpc) is 2.75. The molecule has 0 radical (unpaired) electrons. The summed E-state index contributed by atoms with van der Waals surface area (Å²) in [5.41, 5.74) is -0.680. The molecule has 0 N–H and O–H groups in total. The first kappa shape index (κ1) is 15.7. The van der Waals surface area contributed by atoms with E-state index in [2.05, 4.69) is 30.9 Å². The van der Waals surface area contributed by atoms with Crippen molar-refractivity contribution in [1.82, 2.24) is 10.1 Å². The number of carbonyl (C=O) groups excluding carboxylic acids is 1. The molecule has 0 aliphatic heterocycles. The van der Waals surface area contributed by atoms with Gasteiger partial charge in [-0.1, -0.05) is 25.9 Å². The first-order valence-corrected chi connectivity index (χ1v) is 6.67. The molecule has 108 valence electrons. The molecule has 0 saturated carbocycles. The second-order valence-corrected chi connectivity index (χ2v) is 6.42. The second kappa shape index (κ2) is 5.72. The van der Waals surface area contributed by atoms with Gasteiger partial charge in [0, 0.05) is 6.42 Å². The van der Waals surface area contributed by atoms with Crippen LogP contribution in [0.15, 0.2) is 4.52 Å². The van der Waals surface area contributed by atoms with Crippen LogP contribution in [0.4, 0.5) is 0 Å². The highest BCUT2D eigenvalue weighted by Crippen LogP contribution is 2.25. The van der Waals surface area contributed by atoms with E-state index in [-0.39, 0.29) is 11.4 Å². The Balaban J connectivity index is 2.76. The fourth-order valence-corrected chi connectivity index (χ4v) is 1.50. The number of carbonyl (C=O) groups is 1.